The fourth-order valence-corrected chi connectivity index (χ4v) is 2.95. The molecule has 1 aliphatic heterocycles. The van der Waals surface area contributed by atoms with Gasteiger partial charge in [-0.25, -0.2) is 0 Å². The van der Waals surface area contributed by atoms with E-state index in [0.29, 0.717) is 25.0 Å². The zero-order valence-electron chi connectivity index (χ0n) is 15.1. The normalized spacial score (nSPS) is 20.2. The zero-order chi connectivity index (χ0) is 17.8. The number of guanidine groups is 1. The third-order valence-electron chi connectivity index (χ3n) is 4.34. The summed E-state index contributed by atoms with van der Waals surface area (Å²) in [6.45, 7) is 8.52. The van der Waals surface area contributed by atoms with E-state index in [1.807, 2.05) is 6.92 Å². The first kappa shape index (κ1) is 21.1. The number of aliphatic imine (C=N–C) groups is 1. The number of hydrogen-bond donors (Lipinski definition) is 2. The van der Waals surface area contributed by atoms with Gasteiger partial charge in [0, 0.05) is 38.6 Å². The Hall–Kier alpha value is -0.980. The molecule has 4 nitrogen and oxygen atoms in total. The predicted molar refractivity (Wildman–Crippen MR) is 93.4 cm³/mol. The van der Waals surface area contributed by atoms with Crippen LogP contribution in [0, 0.1) is 0 Å². The van der Waals surface area contributed by atoms with Gasteiger partial charge >= 0.3 is 6.18 Å². The second-order valence-corrected chi connectivity index (χ2v) is 6.49. The molecule has 1 atom stereocenters. The largest absolute Gasteiger partial charge is 0.389 e. The van der Waals surface area contributed by atoms with Crippen LogP contribution in [0.5, 0.6) is 0 Å². The van der Waals surface area contributed by atoms with Crippen LogP contribution < -0.4 is 10.6 Å². The van der Waals surface area contributed by atoms with Crippen molar-refractivity contribution in [2.75, 3.05) is 32.7 Å². The van der Waals surface area contributed by atoms with Crippen LogP contribution in [0.2, 0.25) is 0 Å². The molecule has 1 fully saturated rings. The molecule has 7 heteroatoms. The van der Waals surface area contributed by atoms with Crippen molar-refractivity contribution in [3.8, 4) is 0 Å². The van der Waals surface area contributed by atoms with Crippen LogP contribution in [0.1, 0.15) is 58.8 Å². The highest BCUT2D eigenvalue weighted by Gasteiger charge is 2.25. The summed E-state index contributed by atoms with van der Waals surface area (Å²) in [5, 5.41) is 6.25. The van der Waals surface area contributed by atoms with Gasteiger partial charge in [-0.2, -0.15) is 13.2 Å². The Morgan fingerprint density at radius 1 is 1.17 bits per heavy atom. The quantitative estimate of drug-likeness (QED) is 0.380. The van der Waals surface area contributed by atoms with Crippen molar-refractivity contribution >= 4 is 5.96 Å². The van der Waals surface area contributed by atoms with E-state index in [4.69, 9.17) is 0 Å². The number of alkyl halides is 3. The monoisotopic (exact) mass is 350 g/mol. The topological polar surface area (TPSA) is 39.7 Å². The molecule has 1 rings (SSSR count). The van der Waals surface area contributed by atoms with E-state index in [9.17, 15) is 13.2 Å². The molecule has 1 aliphatic rings. The van der Waals surface area contributed by atoms with Gasteiger partial charge in [0.2, 0.25) is 0 Å². The highest BCUT2D eigenvalue weighted by Crippen LogP contribution is 2.21. The minimum Gasteiger partial charge on any atom is -0.357 e. The van der Waals surface area contributed by atoms with E-state index >= 15 is 0 Å². The lowest BCUT2D eigenvalue weighted by molar-refractivity contribution is -0.135. The van der Waals surface area contributed by atoms with Crippen molar-refractivity contribution in [1.82, 2.24) is 15.5 Å². The Morgan fingerprint density at radius 2 is 1.96 bits per heavy atom. The van der Waals surface area contributed by atoms with Crippen LogP contribution in [-0.2, 0) is 0 Å². The van der Waals surface area contributed by atoms with Crippen molar-refractivity contribution in [2.24, 2.45) is 4.99 Å². The number of halogens is 3. The van der Waals surface area contributed by atoms with Gasteiger partial charge < -0.3 is 15.5 Å². The van der Waals surface area contributed by atoms with Crippen LogP contribution in [0.4, 0.5) is 13.2 Å². The van der Waals surface area contributed by atoms with E-state index in [0.717, 1.165) is 26.1 Å². The van der Waals surface area contributed by atoms with E-state index in [2.05, 4.69) is 27.4 Å². The Morgan fingerprint density at radius 3 is 2.62 bits per heavy atom. The number of nitrogens with one attached hydrogen (secondary N) is 2. The molecule has 0 spiro atoms. The lowest BCUT2D eigenvalue weighted by Gasteiger charge is -2.33. The number of nitrogens with zero attached hydrogens (tertiary/aromatic N) is 2. The van der Waals surface area contributed by atoms with Crippen LogP contribution in [0.15, 0.2) is 4.99 Å². The van der Waals surface area contributed by atoms with E-state index in [1.165, 1.54) is 25.8 Å². The molecule has 0 aromatic carbocycles. The molecule has 0 radical (unpaired) electrons. The fraction of sp³-hybridized carbons (Fsp3) is 0.941. The summed E-state index contributed by atoms with van der Waals surface area (Å²) in [6.07, 6.45) is 0.799. The molecule has 0 aliphatic carbocycles. The van der Waals surface area contributed by atoms with Gasteiger partial charge in [-0.1, -0.05) is 6.42 Å². The van der Waals surface area contributed by atoms with Crippen molar-refractivity contribution in [3.05, 3.63) is 0 Å². The predicted octanol–water partition coefficient (Wildman–Crippen LogP) is 3.54. The van der Waals surface area contributed by atoms with Gasteiger partial charge in [0.25, 0.3) is 0 Å². The Kier molecular flexibility index (Phi) is 10.1. The lowest BCUT2D eigenvalue weighted by atomic mass is 10.0. The van der Waals surface area contributed by atoms with Gasteiger partial charge in [0.15, 0.2) is 5.96 Å². The second-order valence-electron chi connectivity index (χ2n) is 6.49. The maximum atomic E-state index is 12.1. The summed E-state index contributed by atoms with van der Waals surface area (Å²) in [4.78, 5) is 7.04. The van der Waals surface area contributed by atoms with Gasteiger partial charge in [-0.15, -0.1) is 0 Å². The first-order valence-corrected chi connectivity index (χ1v) is 9.25. The molecule has 0 amide bonds. The molecule has 0 aromatic heterocycles. The first-order chi connectivity index (χ1) is 11.4. The number of likely N-dealkylation sites (tertiary alicyclic amines) is 1. The van der Waals surface area contributed by atoms with Crippen molar-refractivity contribution in [1.29, 1.82) is 0 Å². The fourth-order valence-electron chi connectivity index (χ4n) is 2.95. The summed E-state index contributed by atoms with van der Waals surface area (Å²) in [6, 6.07) is 0.669. The molecule has 1 unspecified atom stereocenters. The Bertz CT molecular complexity index is 358. The molecule has 0 bridgehead atoms. The van der Waals surface area contributed by atoms with Crippen molar-refractivity contribution in [2.45, 2.75) is 71.0 Å². The molecule has 1 heterocycles. The number of piperidine rings is 1. The number of hydrogen-bond acceptors (Lipinski definition) is 2. The molecule has 0 aromatic rings. The molecule has 2 N–H and O–H groups in total. The minimum absolute atomic E-state index is 0.156. The van der Waals surface area contributed by atoms with Crippen LogP contribution >= 0.6 is 0 Å². The highest BCUT2D eigenvalue weighted by molar-refractivity contribution is 5.79. The zero-order valence-corrected chi connectivity index (χ0v) is 15.1. The molecule has 1 saturated heterocycles. The molecule has 24 heavy (non-hydrogen) atoms. The van der Waals surface area contributed by atoms with Gasteiger partial charge in [-0.05, 0) is 52.5 Å². The van der Waals surface area contributed by atoms with Crippen LogP contribution in [0.25, 0.3) is 0 Å². The summed E-state index contributed by atoms with van der Waals surface area (Å²) >= 11 is 0. The number of rotatable bonds is 9. The Balaban J connectivity index is 2.19. The SMILES string of the molecule is CCNC(=NCCCN1CCCCC1C)NCCCCC(F)(F)F. The maximum absolute atomic E-state index is 12.1. The summed E-state index contributed by atoms with van der Waals surface area (Å²) < 4.78 is 36.3. The summed E-state index contributed by atoms with van der Waals surface area (Å²) in [5.41, 5.74) is 0. The van der Waals surface area contributed by atoms with Crippen molar-refractivity contribution in [3.63, 3.8) is 0 Å². The third kappa shape index (κ3) is 10.0. The van der Waals surface area contributed by atoms with E-state index < -0.39 is 12.6 Å². The minimum atomic E-state index is -4.05. The van der Waals surface area contributed by atoms with Gasteiger partial charge in [-0.3, -0.25) is 4.99 Å². The summed E-state index contributed by atoms with van der Waals surface area (Å²) in [5.74, 6) is 0.705. The van der Waals surface area contributed by atoms with Gasteiger partial charge in [0.1, 0.15) is 0 Å². The van der Waals surface area contributed by atoms with Crippen LogP contribution in [0.3, 0.4) is 0 Å². The smallest absolute Gasteiger partial charge is 0.357 e. The molecular weight excluding hydrogens is 317 g/mol. The molecule has 0 saturated carbocycles. The Labute approximate surface area is 144 Å². The van der Waals surface area contributed by atoms with Crippen LogP contribution in [-0.4, -0.2) is 55.8 Å². The second kappa shape index (κ2) is 11.6. The molecule has 142 valence electrons. The highest BCUT2D eigenvalue weighted by atomic mass is 19.4. The van der Waals surface area contributed by atoms with Crippen molar-refractivity contribution < 1.29 is 13.2 Å². The standard InChI is InChI=1S/C17H33F3N4/c1-3-21-16(22-11-6-5-10-17(18,19)20)23-12-8-14-24-13-7-4-9-15(24)2/h15H,3-14H2,1-2H3,(H2,21,22,23). The summed E-state index contributed by atoms with van der Waals surface area (Å²) in [7, 11) is 0. The number of unbranched alkanes of at least 4 members (excludes halogenated alkanes) is 1. The first-order valence-electron chi connectivity index (χ1n) is 9.25. The van der Waals surface area contributed by atoms with Gasteiger partial charge in [0.05, 0.1) is 0 Å². The lowest BCUT2D eigenvalue weighted by Crippen LogP contribution is -2.39. The van der Waals surface area contributed by atoms with E-state index in [1.54, 1.807) is 0 Å². The average molecular weight is 350 g/mol. The molecular formula is C17H33F3N4. The maximum Gasteiger partial charge on any atom is 0.389 e. The van der Waals surface area contributed by atoms with E-state index in [-0.39, 0.29) is 6.42 Å². The third-order valence-corrected chi connectivity index (χ3v) is 4.34. The average Bonchev–Trinajstić information content (AvgIpc) is 2.51.